The molecular weight excluding hydrogens is 525 g/mol. The molecule has 2 aromatic carbocycles. The van der Waals surface area contributed by atoms with Crippen molar-refractivity contribution in [3.05, 3.63) is 81.7 Å². The standard InChI is InChI=1S/C28H23Cl2N5O3/c1-27(2)26-28(18-9-8-15(30)11-19(18)32-26)23-22(25(36)34(28)16-7-5-6-14(29)10-16)33-24(35(23)27)17-13-31-21(38-4)12-20(17)37-3/h5-13,26,32H,1-4H3. The summed E-state index contributed by atoms with van der Waals surface area (Å²) in [4.78, 5) is 25.5. The number of ether oxygens (including phenoxy) is 2. The number of aromatic nitrogens is 3. The van der Waals surface area contributed by atoms with E-state index in [1.807, 2.05) is 41.3 Å². The summed E-state index contributed by atoms with van der Waals surface area (Å²) in [6.07, 6.45) is 1.68. The van der Waals surface area contributed by atoms with Gasteiger partial charge in [0, 0.05) is 39.2 Å². The lowest BCUT2D eigenvalue weighted by Crippen LogP contribution is -2.55. The number of amides is 1. The largest absolute Gasteiger partial charge is 0.496 e. The van der Waals surface area contributed by atoms with E-state index in [9.17, 15) is 4.79 Å². The van der Waals surface area contributed by atoms with Crippen LogP contribution in [-0.4, -0.2) is 40.7 Å². The fourth-order valence-corrected chi connectivity index (χ4v) is 6.91. The molecule has 1 spiro atoms. The van der Waals surface area contributed by atoms with Crippen molar-refractivity contribution in [2.75, 3.05) is 24.4 Å². The number of hydrogen-bond acceptors (Lipinski definition) is 6. The fraction of sp³-hybridized carbons (Fsp3) is 0.250. The van der Waals surface area contributed by atoms with E-state index in [0.717, 1.165) is 16.9 Å². The van der Waals surface area contributed by atoms with Crippen molar-refractivity contribution in [1.29, 1.82) is 0 Å². The van der Waals surface area contributed by atoms with Gasteiger partial charge >= 0.3 is 0 Å². The summed E-state index contributed by atoms with van der Waals surface area (Å²) in [5, 5.41) is 4.88. The van der Waals surface area contributed by atoms with Gasteiger partial charge in [-0.15, -0.1) is 0 Å². The highest BCUT2D eigenvalue weighted by molar-refractivity contribution is 6.31. The summed E-state index contributed by atoms with van der Waals surface area (Å²) in [6.45, 7) is 4.29. The van der Waals surface area contributed by atoms with E-state index in [-0.39, 0.29) is 11.9 Å². The zero-order valence-electron chi connectivity index (χ0n) is 21.0. The van der Waals surface area contributed by atoms with E-state index >= 15 is 0 Å². The number of halogens is 2. The molecule has 0 fully saturated rings. The van der Waals surface area contributed by atoms with Crippen molar-refractivity contribution in [3.63, 3.8) is 0 Å². The third-order valence-electron chi connectivity index (χ3n) is 7.97. The lowest BCUT2D eigenvalue weighted by molar-refractivity contribution is 0.0973. The minimum Gasteiger partial charge on any atom is -0.496 e. The number of imidazole rings is 1. The maximum absolute atomic E-state index is 14.3. The van der Waals surface area contributed by atoms with Gasteiger partial charge in [-0.05, 0) is 44.2 Å². The van der Waals surface area contributed by atoms with Gasteiger partial charge in [0.25, 0.3) is 5.91 Å². The summed E-state index contributed by atoms with van der Waals surface area (Å²) in [6, 6.07) is 14.6. The van der Waals surface area contributed by atoms with E-state index in [1.54, 1.807) is 32.5 Å². The molecule has 38 heavy (non-hydrogen) atoms. The second kappa shape index (κ2) is 7.65. The predicted octanol–water partition coefficient (Wildman–Crippen LogP) is 5.72. The first kappa shape index (κ1) is 23.4. The molecule has 0 aliphatic carbocycles. The third kappa shape index (κ3) is 2.69. The Morgan fingerprint density at radius 1 is 1.03 bits per heavy atom. The van der Waals surface area contributed by atoms with Crippen LogP contribution in [0.25, 0.3) is 11.4 Å². The molecule has 5 heterocycles. The summed E-state index contributed by atoms with van der Waals surface area (Å²) < 4.78 is 13.2. The maximum Gasteiger partial charge on any atom is 0.280 e. The highest BCUT2D eigenvalue weighted by atomic mass is 35.5. The molecule has 0 saturated carbocycles. The summed E-state index contributed by atoms with van der Waals surface area (Å²) in [5.74, 6) is 1.39. The topological polar surface area (TPSA) is 81.5 Å². The van der Waals surface area contributed by atoms with Crippen molar-refractivity contribution in [2.45, 2.75) is 31.0 Å². The Bertz CT molecular complexity index is 1680. The number of benzene rings is 2. The Morgan fingerprint density at radius 2 is 1.82 bits per heavy atom. The number of carbonyl (C=O) groups is 1. The minimum atomic E-state index is -0.876. The summed E-state index contributed by atoms with van der Waals surface area (Å²) in [5.41, 5.74) is 3.01. The van der Waals surface area contributed by atoms with E-state index < -0.39 is 11.1 Å². The van der Waals surface area contributed by atoms with Crippen LogP contribution in [0.1, 0.15) is 35.6 Å². The Kier molecular flexibility index (Phi) is 4.70. The van der Waals surface area contributed by atoms with Crippen LogP contribution in [0.2, 0.25) is 10.0 Å². The highest BCUT2D eigenvalue weighted by Gasteiger charge is 2.71. The number of pyridine rings is 1. The first-order valence-corrected chi connectivity index (χ1v) is 12.9. The van der Waals surface area contributed by atoms with Crippen LogP contribution in [0, 0.1) is 0 Å². The van der Waals surface area contributed by atoms with Crippen molar-refractivity contribution >= 4 is 40.5 Å². The molecule has 1 N–H and O–H groups in total. The third-order valence-corrected chi connectivity index (χ3v) is 8.44. The molecular formula is C28H23Cl2N5O3. The average molecular weight is 548 g/mol. The minimum absolute atomic E-state index is 0.201. The first-order chi connectivity index (χ1) is 18.2. The van der Waals surface area contributed by atoms with E-state index in [1.165, 1.54) is 0 Å². The van der Waals surface area contributed by atoms with Crippen molar-refractivity contribution < 1.29 is 14.3 Å². The van der Waals surface area contributed by atoms with E-state index in [4.69, 9.17) is 37.7 Å². The monoisotopic (exact) mass is 547 g/mol. The molecule has 7 rings (SSSR count). The van der Waals surface area contributed by atoms with Crippen molar-refractivity contribution in [2.24, 2.45) is 0 Å². The second-order valence-electron chi connectivity index (χ2n) is 10.2. The molecule has 8 nitrogen and oxygen atoms in total. The van der Waals surface area contributed by atoms with Gasteiger partial charge in [-0.1, -0.05) is 35.3 Å². The lowest BCUT2D eigenvalue weighted by Gasteiger charge is -2.40. The van der Waals surface area contributed by atoms with Crippen LogP contribution in [0.5, 0.6) is 11.6 Å². The molecule has 3 aliphatic heterocycles. The number of rotatable bonds is 4. The number of nitrogens with zero attached hydrogens (tertiary/aromatic N) is 4. The number of hydrogen-bond donors (Lipinski definition) is 1. The van der Waals surface area contributed by atoms with Crippen LogP contribution >= 0.6 is 23.2 Å². The first-order valence-electron chi connectivity index (χ1n) is 12.1. The Hall–Kier alpha value is -3.75. The van der Waals surface area contributed by atoms with Gasteiger partial charge < -0.3 is 19.4 Å². The van der Waals surface area contributed by atoms with E-state index in [0.29, 0.717) is 44.4 Å². The van der Waals surface area contributed by atoms with Gasteiger partial charge in [-0.3, -0.25) is 9.69 Å². The summed E-state index contributed by atoms with van der Waals surface area (Å²) >= 11 is 12.8. The maximum atomic E-state index is 14.3. The number of fused-ring (bicyclic) bond motifs is 1. The van der Waals surface area contributed by atoms with Gasteiger partial charge in [0.05, 0.1) is 37.1 Å². The molecule has 192 valence electrons. The fourth-order valence-electron chi connectivity index (χ4n) is 6.55. The van der Waals surface area contributed by atoms with Crippen molar-refractivity contribution in [1.82, 2.24) is 14.5 Å². The van der Waals surface area contributed by atoms with Crippen molar-refractivity contribution in [3.8, 4) is 23.0 Å². The number of carbonyl (C=O) groups excluding carboxylic acids is 1. The van der Waals surface area contributed by atoms with Crippen LogP contribution in [0.15, 0.2) is 54.7 Å². The van der Waals surface area contributed by atoms with Gasteiger partial charge in [0.15, 0.2) is 5.69 Å². The van der Waals surface area contributed by atoms with Gasteiger partial charge in [-0.25, -0.2) is 9.97 Å². The highest BCUT2D eigenvalue weighted by Crippen LogP contribution is 2.63. The number of methoxy groups -OCH3 is 2. The summed E-state index contributed by atoms with van der Waals surface area (Å²) in [7, 11) is 3.14. The Labute approximate surface area is 229 Å². The zero-order chi connectivity index (χ0) is 26.6. The SMILES string of the molecule is COc1cc(OC)c(-c2nc3c4n2C(C)(C)C2Nc5cc(Cl)ccc5C42N(c2cccc(Cl)c2)C3=O)cn1. The quantitative estimate of drug-likeness (QED) is 0.352. The molecule has 3 aliphatic rings. The Morgan fingerprint density at radius 3 is 2.55 bits per heavy atom. The Balaban J connectivity index is 1.57. The van der Waals surface area contributed by atoms with Gasteiger partial charge in [0.2, 0.25) is 5.88 Å². The molecule has 1 amide bonds. The van der Waals surface area contributed by atoms with Crippen LogP contribution in [-0.2, 0) is 11.1 Å². The molecule has 2 aromatic heterocycles. The smallest absolute Gasteiger partial charge is 0.280 e. The number of nitrogens with one attached hydrogen (secondary N) is 1. The molecule has 0 saturated heterocycles. The van der Waals surface area contributed by atoms with E-state index in [2.05, 4.69) is 28.7 Å². The van der Waals surface area contributed by atoms with Crippen LogP contribution in [0.3, 0.4) is 0 Å². The second-order valence-corrected chi connectivity index (χ2v) is 11.1. The average Bonchev–Trinajstić information content (AvgIpc) is 3.57. The van der Waals surface area contributed by atoms with Gasteiger partial charge in [-0.2, -0.15) is 0 Å². The van der Waals surface area contributed by atoms with Crippen LogP contribution in [0.4, 0.5) is 11.4 Å². The molecule has 0 radical (unpaired) electrons. The normalized spacial score (nSPS) is 21.7. The molecule has 0 bridgehead atoms. The lowest BCUT2D eigenvalue weighted by atomic mass is 9.79. The molecule has 2 atom stereocenters. The molecule has 2 unspecified atom stereocenters. The molecule has 10 heteroatoms. The van der Waals surface area contributed by atoms with Gasteiger partial charge in [0.1, 0.15) is 17.1 Å². The predicted molar refractivity (Wildman–Crippen MR) is 146 cm³/mol. The number of anilines is 2. The zero-order valence-corrected chi connectivity index (χ0v) is 22.6. The van der Waals surface area contributed by atoms with Crippen LogP contribution < -0.4 is 19.7 Å². The molecule has 4 aromatic rings.